The molecule has 1 saturated heterocycles. The molecule has 1 aromatic rings. The number of thioether (sulfide) groups is 1. The van der Waals surface area contributed by atoms with Gasteiger partial charge in [-0.3, -0.25) is 0 Å². The topological polar surface area (TPSA) is 26.7 Å². The number of aliphatic hydroxyl groups is 1. The molecule has 1 aliphatic heterocycles. The summed E-state index contributed by atoms with van der Waals surface area (Å²) in [5.74, 6) is 0.692. The number of hydrogen-bond donors (Lipinski definition) is 1. The summed E-state index contributed by atoms with van der Waals surface area (Å²) in [6, 6.07) is 8.23. The molecule has 2 unspecified atom stereocenters. The second-order valence-corrected chi connectivity index (χ2v) is 7.00. The van der Waals surface area contributed by atoms with Gasteiger partial charge >= 0.3 is 0 Å². The minimum Gasteiger partial charge on any atom is -0.392 e. The standard InChI is InChI=1S/C15H23ClN2OS/c1-17-7-8-18(2)12(10-17)9-13(19)11-20-15-6-4-3-5-14(15)16/h3-6,12-13,19H,7-11H2,1-2H3. The van der Waals surface area contributed by atoms with E-state index in [9.17, 15) is 5.11 Å². The van der Waals surface area contributed by atoms with Crippen LogP contribution in [0.25, 0.3) is 0 Å². The number of nitrogens with zero attached hydrogens (tertiary/aromatic N) is 2. The molecule has 1 N–H and O–H groups in total. The molecule has 0 aliphatic carbocycles. The van der Waals surface area contributed by atoms with Crippen molar-refractivity contribution in [3.8, 4) is 0 Å². The molecule has 0 spiro atoms. The van der Waals surface area contributed by atoms with E-state index in [4.69, 9.17) is 11.6 Å². The van der Waals surface area contributed by atoms with Gasteiger partial charge in [-0.1, -0.05) is 23.7 Å². The van der Waals surface area contributed by atoms with Gasteiger partial charge in [0.15, 0.2) is 0 Å². The summed E-state index contributed by atoms with van der Waals surface area (Å²) in [6.45, 7) is 3.22. The predicted octanol–water partition coefficient (Wildman–Crippen LogP) is 2.43. The fourth-order valence-corrected chi connectivity index (χ4v) is 3.67. The van der Waals surface area contributed by atoms with E-state index in [0.717, 1.165) is 36.0 Å². The third kappa shape index (κ3) is 4.64. The van der Waals surface area contributed by atoms with Crippen LogP contribution in [0.3, 0.4) is 0 Å². The highest BCUT2D eigenvalue weighted by Crippen LogP contribution is 2.27. The van der Waals surface area contributed by atoms with Crippen LogP contribution in [-0.4, -0.2) is 66.5 Å². The summed E-state index contributed by atoms with van der Waals surface area (Å²) in [6.07, 6.45) is 0.522. The highest BCUT2D eigenvalue weighted by atomic mass is 35.5. The van der Waals surface area contributed by atoms with Crippen molar-refractivity contribution in [1.82, 2.24) is 9.80 Å². The molecule has 112 valence electrons. The molecular formula is C15H23ClN2OS. The molecule has 0 saturated carbocycles. The fourth-order valence-electron chi connectivity index (χ4n) is 2.49. The Morgan fingerprint density at radius 2 is 2.10 bits per heavy atom. The van der Waals surface area contributed by atoms with Crippen LogP contribution >= 0.6 is 23.4 Å². The summed E-state index contributed by atoms with van der Waals surface area (Å²) >= 11 is 7.76. The van der Waals surface area contributed by atoms with Gasteiger partial charge in [0.05, 0.1) is 11.1 Å². The SMILES string of the molecule is CN1CCN(C)C(CC(O)CSc2ccccc2Cl)C1. The van der Waals surface area contributed by atoms with Gasteiger partial charge in [0.2, 0.25) is 0 Å². The highest BCUT2D eigenvalue weighted by molar-refractivity contribution is 7.99. The van der Waals surface area contributed by atoms with Gasteiger partial charge in [-0.2, -0.15) is 0 Å². The van der Waals surface area contributed by atoms with E-state index < -0.39 is 0 Å². The van der Waals surface area contributed by atoms with Crippen molar-refractivity contribution in [1.29, 1.82) is 0 Å². The minimum atomic E-state index is -0.296. The fraction of sp³-hybridized carbons (Fsp3) is 0.600. The maximum Gasteiger partial charge on any atom is 0.0649 e. The summed E-state index contributed by atoms with van der Waals surface area (Å²) in [5.41, 5.74) is 0. The zero-order chi connectivity index (χ0) is 14.5. The van der Waals surface area contributed by atoms with E-state index in [1.165, 1.54) is 0 Å². The van der Waals surface area contributed by atoms with Crippen LogP contribution in [0.1, 0.15) is 6.42 Å². The average Bonchev–Trinajstić information content (AvgIpc) is 2.42. The highest BCUT2D eigenvalue weighted by Gasteiger charge is 2.24. The molecule has 3 nitrogen and oxygen atoms in total. The van der Waals surface area contributed by atoms with Crippen LogP contribution in [-0.2, 0) is 0 Å². The van der Waals surface area contributed by atoms with E-state index in [-0.39, 0.29) is 6.10 Å². The second kappa shape index (κ2) is 7.66. The van der Waals surface area contributed by atoms with Gasteiger partial charge in [-0.25, -0.2) is 0 Å². The van der Waals surface area contributed by atoms with Crippen molar-refractivity contribution in [2.24, 2.45) is 0 Å². The number of likely N-dealkylation sites (N-methyl/N-ethyl adjacent to an activating group) is 2. The lowest BCUT2D eigenvalue weighted by Gasteiger charge is -2.38. The molecule has 0 bridgehead atoms. The first-order valence-electron chi connectivity index (χ1n) is 7.00. The van der Waals surface area contributed by atoms with E-state index in [2.05, 4.69) is 23.9 Å². The Morgan fingerprint density at radius 1 is 1.35 bits per heavy atom. The predicted molar refractivity (Wildman–Crippen MR) is 86.7 cm³/mol. The Bertz CT molecular complexity index is 432. The molecule has 2 rings (SSSR count). The van der Waals surface area contributed by atoms with Crippen molar-refractivity contribution in [2.75, 3.05) is 39.5 Å². The lowest BCUT2D eigenvalue weighted by molar-refractivity contribution is 0.0716. The molecule has 20 heavy (non-hydrogen) atoms. The quantitative estimate of drug-likeness (QED) is 0.845. The molecule has 2 atom stereocenters. The van der Waals surface area contributed by atoms with Crippen molar-refractivity contribution >= 4 is 23.4 Å². The Balaban J connectivity index is 1.80. The molecule has 0 amide bonds. The number of rotatable bonds is 5. The van der Waals surface area contributed by atoms with Gasteiger partial charge in [0.25, 0.3) is 0 Å². The van der Waals surface area contributed by atoms with Gasteiger partial charge in [-0.15, -0.1) is 11.8 Å². The molecular weight excluding hydrogens is 292 g/mol. The Hall–Kier alpha value is -0.260. The maximum atomic E-state index is 10.2. The lowest BCUT2D eigenvalue weighted by Crippen LogP contribution is -2.51. The van der Waals surface area contributed by atoms with Crippen molar-refractivity contribution in [3.05, 3.63) is 29.3 Å². The first-order valence-corrected chi connectivity index (χ1v) is 8.37. The first kappa shape index (κ1) is 16.1. The van der Waals surface area contributed by atoms with Crippen LogP contribution in [0.2, 0.25) is 5.02 Å². The van der Waals surface area contributed by atoms with E-state index in [1.807, 2.05) is 24.3 Å². The van der Waals surface area contributed by atoms with Gasteiger partial charge in [0.1, 0.15) is 0 Å². The van der Waals surface area contributed by atoms with E-state index in [0.29, 0.717) is 11.8 Å². The number of piperazine rings is 1. The van der Waals surface area contributed by atoms with Crippen molar-refractivity contribution in [2.45, 2.75) is 23.5 Å². The number of hydrogen-bond acceptors (Lipinski definition) is 4. The largest absolute Gasteiger partial charge is 0.392 e. The summed E-state index contributed by atoms with van der Waals surface area (Å²) in [4.78, 5) is 5.73. The summed E-state index contributed by atoms with van der Waals surface area (Å²) in [7, 11) is 4.29. The van der Waals surface area contributed by atoms with Gasteiger partial charge in [-0.05, 0) is 32.6 Å². The number of halogens is 1. The van der Waals surface area contributed by atoms with Crippen LogP contribution < -0.4 is 0 Å². The zero-order valence-corrected chi connectivity index (χ0v) is 13.7. The number of aliphatic hydroxyl groups excluding tert-OH is 1. The van der Waals surface area contributed by atoms with Crippen LogP contribution in [0.5, 0.6) is 0 Å². The number of benzene rings is 1. The molecule has 0 aromatic heterocycles. The van der Waals surface area contributed by atoms with E-state index in [1.54, 1.807) is 11.8 Å². The normalized spacial score (nSPS) is 22.9. The second-order valence-electron chi connectivity index (χ2n) is 5.53. The monoisotopic (exact) mass is 314 g/mol. The van der Waals surface area contributed by atoms with E-state index >= 15 is 0 Å². The summed E-state index contributed by atoms with van der Waals surface area (Å²) in [5, 5.41) is 11.0. The van der Waals surface area contributed by atoms with Crippen LogP contribution in [0.15, 0.2) is 29.2 Å². The molecule has 1 aliphatic rings. The minimum absolute atomic E-state index is 0.296. The Kier molecular flexibility index (Phi) is 6.18. The Labute approximate surface area is 130 Å². The first-order chi connectivity index (χ1) is 9.56. The molecule has 1 fully saturated rings. The smallest absolute Gasteiger partial charge is 0.0649 e. The zero-order valence-electron chi connectivity index (χ0n) is 12.1. The van der Waals surface area contributed by atoms with Gasteiger partial charge < -0.3 is 14.9 Å². The van der Waals surface area contributed by atoms with Crippen molar-refractivity contribution in [3.63, 3.8) is 0 Å². The van der Waals surface area contributed by atoms with Crippen molar-refractivity contribution < 1.29 is 5.11 Å². The third-order valence-corrected chi connectivity index (χ3v) is 5.45. The lowest BCUT2D eigenvalue weighted by atomic mass is 10.1. The molecule has 1 heterocycles. The molecule has 0 radical (unpaired) electrons. The maximum absolute atomic E-state index is 10.2. The third-order valence-electron chi connectivity index (χ3n) is 3.79. The Morgan fingerprint density at radius 3 is 2.85 bits per heavy atom. The molecule has 1 aromatic carbocycles. The van der Waals surface area contributed by atoms with Gasteiger partial charge in [0, 0.05) is 36.3 Å². The average molecular weight is 315 g/mol. The van der Waals surface area contributed by atoms with Crippen LogP contribution in [0, 0.1) is 0 Å². The van der Waals surface area contributed by atoms with Crippen LogP contribution in [0.4, 0.5) is 0 Å². The molecule has 5 heteroatoms. The summed E-state index contributed by atoms with van der Waals surface area (Å²) < 4.78 is 0.